The lowest BCUT2D eigenvalue weighted by atomic mass is 10.1. The Balaban J connectivity index is 1.73. The molecule has 2 rings (SSSR count). The maximum absolute atomic E-state index is 10.0. The maximum Gasteiger partial charge on any atom is 0.119 e. The van der Waals surface area contributed by atoms with Crippen LogP contribution >= 0.6 is 11.6 Å². The molecular formula is C19H24ClNO2. The fraction of sp³-hybridized carbons (Fsp3) is 0.368. The van der Waals surface area contributed by atoms with E-state index in [9.17, 15) is 5.11 Å². The van der Waals surface area contributed by atoms with Crippen molar-refractivity contribution in [1.82, 2.24) is 5.32 Å². The minimum Gasteiger partial charge on any atom is -0.491 e. The first-order valence-corrected chi connectivity index (χ1v) is 8.35. The molecule has 2 unspecified atom stereocenters. The van der Waals surface area contributed by atoms with Crippen LogP contribution in [0.25, 0.3) is 0 Å². The summed E-state index contributed by atoms with van der Waals surface area (Å²) in [5.74, 6) is 0.784. The van der Waals surface area contributed by atoms with Gasteiger partial charge in [0, 0.05) is 17.6 Å². The smallest absolute Gasteiger partial charge is 0.119 e. The van der Waals surface area contributed by atoms with Crippen molar-refractivity contribution in [2.75, 3.05) is 13.2 Å². The Morgan fingerprint density at radius 1 is 1.09 bits per heavy atom. The molecule has 2 N–H and O–H groups in total. The standard InChI is InChI=1S/C19H24ClNO2/c1-3-15-4-10-19(11-5-15)23-13-18(22)12-21-14(2)16-6-8-17(20)9-7-16/h4-11,14,18,21-22H,3,12-13H2,1-2H3. The van der Waals surface area contributed by atoms with Gasteiger partial charge in [0.2, 0.25) is 0 Å². The Bertz CT molecular complexity index is 583. The second-order valence-corrected chi connectivity index (χ2v) is 6.08. The van der Waals surface area contributed by atoms with Crippen LogP contribution in [0.1, 0.15) is 31.0 Å². The van der Waals surface area contributed by atoms with Gasteiger partial charge in [-0.2, -0.15) is 0 Å². The molecule has 0 saturated heterocycles. The lowest BCUT2D eigenvalue weighted by Crippen LogP contribution is -2.33. The number of aliphatic hydroxyl groups excluding tert-OH is 1. The maximum atomic E-state index is 10.0. The van der Waals surface area contributed by atoms with Gasteiger partial charge in [0.25, 0.3) is 0 Å². The highest BCUT2D eigenvalue weighted by Gasteiger charge is 2.09. The van der Waals surface area contributed by atoms with E-state index in [0.29, 0.717) is 6.54 Å². The normalized spacial score (nSPS) is 13.6. The predicted octanol–water partition coefficient (Wildman–Crippen LogP) is 3.99. The number of hydrogen-bond donors (Lipinski definition) is 2. The van der Waals surface area contributed by atoms with Gasteiger partial charge >= 0.3 is 0 Å². The van der Waals surface area contributed by atoms with Gasteiger partial charge in [-0.15, -0.1) is 0 Å². The van der Waals surface area contributed by atoms with E-state index in [1.807, 2.05) is 48.5 Å². The number of ether oxygens (including phenoxy) is 1. The fourth-order valence-electron chi connectivity index (χ4n) is 2.25. The van der Waals surface area contributed by atoms with Crippen LogP contribution in [0, 0.1) is 0 Å². The molecule has 0 aliphatic rings. The Kier molecular flexibility index (Phi) is 6.90. The monoisotopic (exact) mass is 333 g/mol. The molecule has 0 aromatic heterocycles. The molecule has 0 spiro atoms. The van der Waals surface area contributed by atoms with Crippen LogP contribution in [-0.2, 0) is 6.42 Å². The van der Waals surface area contributed by atoms with Crippen LogP contribution in [-0.4, -0.2) is 24.4 Å². The van der Waals surface area contributed by atoms with Crippen LogP contribution in [0.15, 0.2) is 48.5 Å². The van der Waals surface area contributed by atoms with Crippen molar-refractivity contribution >= 4 is 11.6 Å². The predicted molar refractivity (Wildman–Crippen MR) is 95.2 cm³/mol. The van der Waals surface area contributed by atoms with Gasteiger partial charge in [-0.3, -0.25) is 0 Å². The third-order valence-electron chi connectivity index (χ3n) is 3.80. The molecule has 124 valence electrons. The van der Waals surface area contributed by atoms with Crippen LogP contribution in [0.2, 0.25) is 5.02 Å². The highest BCUT2D eigenvalue weighted by molar-refractivity contribution is 6.30. The zero-order valence-corrected chi connectivity index (χ0v) is 14.4. The molecule has 0 amide bonds. The molecule has 2 atom stereocenters. The quantitative estimate of drug-likeness (QED) is 0.767. The topological polar surface area (TPSA) is 41.5 Å². The first-order chi connectivity index (χ1) is 11.1. The fourth-order valence-corrected chi connectivity index (χ4v) is 2.38. The molecule has 0 bridgehead atoms. The number of rotatable bonds is 8. The van der Waals surface area contributed by atoms with Crippen molar-refractivity contribution in [2.24, 2.45) is 0 Å². The van der Waals surface area contributed by atoms with E-state index in [2.05, 4.69) is 19.2 Å². The number of halogens is 1. The van der Waals surface area contributed by atoms with Gasteiger partial charge in [-0.05, 0) is 48.7 Å². The number of aryl methyl sites for hydroxylation is 1. The summed E-state index contributed by atoms with van der Waals surface area (Å²) in [5.41, 5.74) is 2.41. The van der Waals surface area contributed by atoms with E-state index in [1.165, 1.54) is 5.56 Å². The van der Waals surface area contributed by atoms with Crippen LogP contribution < -0.4 is 10.1 Å². The average molecular weight is 334 g/mol. The first-order valence-electron chi connectivity index (χ1n) is 7.97. The van der Waals surface area contributed by atoms with E-state index in [-0.39, 0.29) is 12.6 Å². The van der Waals surface area contributed by atoms with Crippen LogP contribution in [0.4, 0.5) is 0 Å². The number of benzene rings is 2. The molecule has 0 aliphatic heterocycles. The molecule has 4 heteroatoms. The largest absolute Gasteiger partial charge is 0.491 e. The van der Waals surface area contributed by atoms with Crippen molar-refractivity contribution in [3.8, 4) is 5.75 Å². The second kappa shape index (κ2) is 8.92. The van der Waals surface area contributed by atoms with Crippen molar-refractivity contribution in [3.05, 3.63) is 64.7 Å². The molecule has 0 fully saturated rings. The van der Waals surface area contributed by atoms with Crippen molar-refractivity contribution in [3.63, 3.8) is 0 Å². The van der Waals surface area contributed by atoms with E-state index in [0.717, 1.165) is 22.8 Å². The summed E-state index contributed by atoms with van der Waals surface area (Å²) in [5, 5.41) is 14.1. The van der Waals surface area contributed by atoms with E-state index in [1.54, 1.807) is 0 Å². The van der Waals surface area contributed by atoms with Crippen LogP contribution in [0.5, 0.6) is 5.75 Å². The van der Waals surface area contributed by atoms with Gasteiger partial charge in [-0.25, -0.2) is 0 Å². The lowest BCUT2D eigenvalue weighted by Gasteiger charge is -2.18. The Hall–Kier alpha value is -1.55. The SMILES string of the molecule is CCc1ccc(OCC(O)CNC(C)c2ccc(Cl)cc2)cc1. The minimum absolute atomic E-state index is 0.144. The van der Waals surface area contributed by atoms with Gasteiger partial charge < -0.3 is 15.2 Å². The molecule has 0 aliphatic carbocycles. The molecule has 0 radical (unpaired) electrons. The van der Waals surface area contributed by atoms with E-state index < -0.39 is 6.10 Å². The van der Waals surface area contributed by atoms with E-state index >= 15 is 0 Å². The molecule has 0 saturated carbocycles. The highest BCUT2D eigenvalue weighted by Crippen LogP contribution is 2.16. The van der Waals surface area contributed by atoms with Crippen molar-refractivity contribution < 1.29 is 9.84 Å². The Morgan fingerprint density at radius 3 is 2.35 bits per heavy atom. The number of hydrogen-bond acceptors (Lipinski definition) is 3. The second-order valence-electron chi connectivity index (χ2n) is 5.64. The zero-order valence-electron chi connectivity index (χ0n) is 13.6. The third kappa shape index (κ3) is 5.87. The average Bonchev–Trinajstić information content (AvgIpc) is 2.59. The first kappa shape index (κ1) is 17.8. The van der Waals surface area contributed by atoms with Gasteiger partial charge in [0.05, 0.1) is 0 Å². The summed E-state index contributed by atoms with van der Waals surface area (Å²) in [6.07, 6.45) is 0.450. The summed E-state index contributed by atoms with van der Waals surface area (Å²) < 4.78 is 5.61. The zero-order chi connectivity index (χ0) is 16.7. The molecule has 0 heterocycles. The van der Waals surface area contributed by atoms with Gasteiger partial charge in [-0.1, -0.05) is 42.8 Å². The molecule has 3 nitrogen and oxygen atoms in total. The molecule has 23 heavy (non-hydrogen) atoms. The summed E-state index contributed by atoms with van der Waals surface area (Å²) in [4.78, 5) is 0. The van der Waals surface area contributed by atoms with Crippen molar-refractivity contribution in [1.29, 1.82) is 0 Å². The van der Waals surface area contributed by atoms with Gasteiger partial charge in [0.15, 0.2) is 0 Å². The minimum atomic E-state index is -0.560. The Morgan fingerprint density at radius 2 is 1.74 bits per heavy atom. The summed E-state index contributed by atoms with van der Waals surface area (Å²) in [6.45, 7) is 4.91. The summed E-state index contributed by atoms with van der Waals surface area (Å²) in [7, 11) is 0. The molecule has 2 aromatic carbocycles. The Labute approximate surface area is 143 Å². The lowest BCUT2D eigenvalue weighted by molar-refractivity contribution is 0.104. The van der Waals surface area contributed by atoms with E-state index in [4.69, 9.17) is 16.3 Å². The molecule has 2 aromatic rings. The number of aliphatic hydroxyl groups is 1. The molecular weight excluding hydrogens is 310 g/mol. The van der Waals surface area contributed by atoms with Gasteiger partial charge in [0.1, 0.15) is 18.5 Å². The number of nitrogens with one attached hydrogen (secondary N) is 1. The summed E-state index contributed by atoms with van der Waals surface area (Å²) in [6, 6.07) is 15.8. The van der Waals surface area contributed by atoms with Crippen LogP contribution in [0.3, 0.4) is 0 Å². The third-order valence-corrected chi connectivity index (χ3v) is 4.06. The van der Waals surface area contributed by atoms with Crippen molar-refractivity contribution in [2.45, 2.75) is 32.4 Å². The summed E-state index contributed by atoms with van der Waals surface area (Å²) >= 11 is 5.89. The highest BCUT2D eigenvalue weighted by atomic mass is 35.5.